The van der Waals surface area contributed by atoms with E-state index in [9.17, 15) is 4.79 Å². The normalized spacial score (nSPS) is 16.2. The van der Waals surface area contributed by atoms with Crippen LogP contribution in [0.2, 0.25) is 0 Å². The van der Waals surface area contributed by atoms with Crippen LogP contribution >= 0.6 is 15.9 Å². The van der Waals surface area contributed by atoms with Gasteiger partial charge in [0.05, 0.1) is 12.3 Å². The average molecular weight is 443 g/mol. The van der Waals surface area contributed by atoms with Crippen LogP contribution in [-0.2, 0) is 11.3 Å². The molecule has 2 aromatic carbocycles. The Hall–Kier alpha value is -2.02. The van der Waals surface area contributed by atoms with Gasteiger partial charge in [-0.3, -0.25) is 14.6 Å². The van der Waals surface area contributed by atoms with Crippen LogP contribution in [-0.4, -0.2) is 54.1 Å². The summed E-state index contributed by atoms with van der Waals surface area (Å²) in [6.45, 7) is 9.10. The number of hydrogen-bond acceptors (Lipinski definition) is 4. The van der Waals surface area contributed by atoms with Gasteiger partial charge in [0.25, 0.3) is 5.91 Å². The number of benzene rings is 2. The number of aryl methyl sites for hydroxylation is 1. The fourth-order valence-corrected chi connectivity index (χ4v) is 3.46. The zero-order valence-electron chi connectivity index (χ0n) is 16.5. The van der Waals surface area contributed by atoms with Gasteiger partial charge in [-0.25, -0.2) is 5.43 Å². The molecule has 0 atom stereocenters. The van der Waals surface area contributed by atoms with Crippen molar-refractivity contribution in [3.63, 3.8) is 0 Å². The van der Waals surface area contributed by atoms with Crippen LogP contribution in [0.5, 0.6) is 0 Å². The lowest BCUT2D eigenvalue weighted by molar-refractivity contribution is -0.122. The highest BCUT2D eigenvalue weighted by atomic mass is 79.9. The topological polar surface area (TPSA) is 47.9 Å². The molecule has 28 heavy (non-hydrogen) atoms. The molecule has 6 heteroatoms. The molecule has 3 rings (SSSR count). The molecule has 0 bridgehead atoms. The third-order valence-corrected chi connectivity index (χ3v) is 5.50. The molecule has 1 aliphatic rings. The van der Waals surface area contributed by atoms with Crippen molar-refractivity contribution in [2.24, 2.45) is 5.10 Å². The Kier molecular flexibility index (Phi) is 7.36. The second kappa shape index (κ2) is 9.96. The van der Waals surface area contributed by atoms with Crippen LogP contribution in [0.3, 0.4) is 0 Å². The summed E-state index contributed by atoms with van der Waals surface area (Å²) in [5.74, 6) is -0.0663. The van der Waals surface area contributed by atoms with Gasteiger partial charge in [-0.05, 0) is 37.1 Å². The van der Waals surface area contributed by atoms with Crippen LogP contribution in [0.1, 0.15) is 23.6 Å². The van der Waals surface area contributed by atoms with E-state index in [1.165, 1.54) is 11.1 Å². The van der Waals surface area contributed by atoms with Gasteiger partial charge >= 0.3 is 0 Å². The fraction of sp³-hybridized carbons (Fsp3) is 0.364. The first-order chi connectivity index (χ1) is 13.5. The third kappa shape index (κ3) is 6.26. The summed E-state index contributed by atoms with van der Waals surface area (Å²) in [5, 5.41) is 4.23. The number of nitrogens with zero attached hydrogens (tertiary/aromatic N) is 3. The standard InChI is InChI=1S/C22H27BrN4O/c1-17-3-5-19(6-4-17)15-26-11-13-27(14-12-26)16-22(28)25-24-18(2)20-7-9-21(23)10-8-20/h3-10H,11-16H2,1-2H3,(H,25,28)/b24-18-. The Labute approximate surface area is 175 Å². The molecule has 0 spiro atoms. The molecule has 2 aromatic rings. The molecule has 1 heterocycles. The first-order valence-electron chi connectivity index (χ1n) is 9.59. The lowest BCUT2D eigenvalue weighted by Gasteiger charge is -2.34. The zero-order chi connectivity index (χ0) is 19.9. The monoisotopic (exact) mass is 442 g/mol. The highest BCUT2D eigenvalue weighted by Gasteiger charge is 2.19. The number of piperazine rings is 1. The first-order valence-corrected chi connectivity index (χ1v) is 10.4. The molecule has 1 amide bonds. The molecule has 148 valence electrons. The fourth-order valence-electron chi connectivity index (χ4n) is 3.20. The summed E-state index contributed by atoms with van der Waals surface area (Å²) in [4.78, 5) is 16.8. The van der Waals surface area contributed by atoms with Gasteiger partial charge in [-0.1, -0.05) is 57.9 Å². The lowest BCUT2D eigenvalue weighted by atomic mass is 10.1. The maximum atomic E-state index is 12.2. The van der Waals surface area contributed by atoms with E-state index in [4.69, 9.17) is 0 Å². The van der Waals surface area contributed by atoms with Crippen molar-refractivity contribution < 1.29 is 4.79 Å². The second-order valence-corrected chi connectivity index (χ2v) is 8.19. The van der Waals surface area contributed by atoms with Crippen molar-refractivity contribution in [2.75, 3.05) is 32.7 Å². The molecule has 0 saturated carbocycles. The van der Waals surface area contributed by atoms with Gasteiger partial charge in [0.2, 0.25) is 0 Å². The molecular weight excluding hydrogens is 416 g/mol. The summed E-state index contributed by atoms with van der Waals surface area (Å²) >= 11 is 3.42. The van der Waals surface area contributed by atoms with Crippen molar-refractivity contribution in [3.05, 3.63) is 69.7 Å². The van der Waals surface area contributed by atoms with E-state index in [2.05, 4.69) is 67.4 Å². The Morgan fingerprint density at radius 1 is 1.00 bits per heavy atom. The van der Waals surface area contributed by atoms with Gasteiger partial charge in [-0.15, -0.1) is 0 Å². The minimum absolute atomic E-state index is 0.0663. The van der Waals surface area contributed by atoms with E-state index >= 15 is 0 Å². The molecule has 0 aromatic heterocycles. The first kappa shape index (κ1) is 20.7. The lowest BCUT2D eigenvalue weighted by Crippen LogP contribution is -2.48. The van der Waals surface area contributed by atoms with Gasteiger partial charge < -0.3 is 0 Å². The van der Waals surface area contributed by atoms with E-state index in [1.54, 1.807) is 0 Å². The smallest absolute Gasteiger partial charge is 0.254 e. The van der Waals surface area contributed by atoms with E-state index in [0.717, 1.165) is 48.5 Å². The predicted molar refractivity (Wildman–Crippen MR) is 117 cm³/mol. The number of amides is 1. The van der Waals surface area contributed by atoms with Gasteiger partial charge in [0.15, 0.2) is 0 Å². The Morgan fingerprint density at radius 2 is 1.61 bits per heavy atom. The summed E-state index contributed by atoms with van der Waals surface area (Å²) in [5.41, 5.74) is 7.10. The van der Waals surface area contributed by atoms with E-state index in [1.807, 2.05) is 31.2 Å². The minimum atomic E-state index is -0.0663. The summed E-state index contributed by atoms with van der Waals surface area (Å²) in [7, 11) is 0. The van der Waals surface area contributed by atoms with Crippen molar-refractivity contribution in [2.45, 2.75) is 20.4 Å². The largest absolute Gasteiger partial charge is 0.297 e. The second-order valence-electron chi connectivity index (χ2n) is 7.28. The maximum absolute atomic E-state index is 12.2. The van der Waals surface area contributed by atoms with Crippen molar-refractivity contribution in [1.29, 1.82) is 0 Å². The van der Waals surface area contributed by atoms with Crippen LogP contribution in [0.15, 0.2) is 58.1 Å². The number of hydrazone groups is 1. The SMILES string of the molecule is C/C(=N/NC(=O)CN1CCN(Cc2ccc(C)cc2)CC1)c1ccc(Br)cc1. The van der Waals surface area contributed by atoms with Crippen molar-refractivity contribution in [3.8, 4) is 0 Å². The molecule has 1 fully saturated rings. The van der Waals surface area contributed by atoms with E-state index in [0.29, 0.717) is 6.54 Å². The number of carbonyl (C=O) groups excluding carboxylic acids is 1. The Bertz CT molecular complexity index is 809. The number of carbonyl (C=O) groups is 1. The van der Waals surface area contributed by atoms with Gasteiger partial charge in [-0.2, -0.15) is 5.10 Å². The molecule has 0 unspecified atom stereocenters. The molecule has 0 aliphatic carbocycles. The third-order valence-electron chi connectivity index (χ3n) is 4.97. The molecular formula is C22H27BrN4O. The maximum Gasteiger partial charge on any atom is 0.254 e. The Balaban J connectivity index is 1.41. The molecule has 5 nitrogen and oxygen atoms in total. The molecule has 1 aliphatic heterocycles. The summed E-state index contributed by atoms with van der Waals surface area (Å²) in [6.07, 6.45) is 0. The van der Waals surface area contributed by atoms with E-state index in [-0.39, 0.29) is 5.91 Å². The Morgan fingerprint density at radius 3 is 2.25 bits per heavy atom. The zero-order valence-corrected chi connectivity index (χ0v) is 18.1. The number of halogens is 1. The van der Waals surface area contributed by atoms with Crippen molar-refractivity contribution in [1.82, 2.24) is 15.2 Å². The average Bonchev–Trinajstić information content (AvgIpc) is 2.70. The predicted octanol–water partition coefficient (Wildman–Crippen LogP) is 3.42. The highest BCUT2D eigenvalue weighted by Crippen LogP contribution is 2.11. The van der Waals surface area contributed by atoms with Crippen LogP contribution in [0, 0.1) is 6.92 Å². The summed E-state index contributed by atoms with van der Waals surface area (Å²) in [6, 6.07) is 16.6. The minimum Gasteiger partial charge on any atom is -0.297 e. The van der Waals surface area contributed by atoms with Gasteiger partial charge in [0, 0.05) is 37.2 Å². The number of rotatable bonds is 6. The molecule has 0 radical (unpaired) electrons. The molecule has 1 saturated heterocycles. The quantitative estimate of drug-likeness (QED) is 0.550. The van der Waals surface area contributed by atoms with Crippen LogP contribution in [0.25, 0.3) is 0 Å². The van der Waals surface area contributed by atoms with E-state index < -0.39 is 0 Å². The van der Waals surface area contributed by atoms with Crippen LogP contribution < -0.4 is 5.43 Å². The number of hydrogen-bond donors (Lipinski definition) is 1. The summed E-state index contributed by atoms with van der Waals surface area (Å²) < 4.78 is 1.02. The van der Waals surface area contributed by atoms with Gasteiger partial charge in [0.1, 0.15) is 0 Å². The highest BCUT2D eigenvalue weighted by molar-refractivity contribution is 9.10. The number of nitrogens with one attached hydrogen (secondary N) is 1. The molecule has 1 N–H and O–H groups in total. The van der Waals surface area contributed by atoms with Crippen LogP contribution in [0.4, 0.5) is 0 Å². The van der Waals surface area contributed by atoms with Crippen molar-refractivity contribution >= 4 is 27.5 Å².